The third-order valence-corrected chi connectivity index (χ3v) is 2.72. The van der Waals surface area contributed by atoms with Crippen LogP contribution in [0.25, 0.3) is 0 Å². The first-order valence-corrected chi connectivity index (χ1v) is 5.79. The lowest BCUT2D eigenvalue weighted by atomic mass is 10.1. The molecule has 0 atom stereocenters. The van der Waals surface area contributed by atoms with Crippen molar-refractivity contribution in [2.75, 3.05) is 33.3 Å². The molecule has 0 saturated carbocycles. The van der Waals surface area contributed by atoms with Gasteiger partial charge in [-0.25, -0.2) is 0 Å². The standard InChI is InChI=1S/C11H26N2O/c1-4-11(5-2)13(9-10-14)8-6-7-12-3/h11-12,14H,4-10H2,1-3H3. The molecule has 3 nitrogen and oxygen atoms in total. The van der Waals surface area contributed by atoms with Crippen LogP contribution in [0.4, 0.5) is 0 Å². The van der Waals surface area contributed by atoms with Crippen molar-refractivity contribution < 1.29 is 5.11 Å². The Morgan fingerprint density at radius 1 is 1.21 bits per heavy atom. The van der Waals surface area contributed by atoms with Crippen molar-refractivity contribution in [1.29, 1.82) is 0 Å². The predicted octanol–water partition coefficient (Wildman–Crippen LogP) is 1.08. The van der Waals surface area contributed by atoms with E-state index in [1.54, 1.807) is 0 Å². The molecule has 0 amide bonds. The number of aliphatic hydroxyl groups is 1. The van der Waals surface area contributed by atoms with Gasteiger partial charge in [0.1, 0.15) is 0 Å². The zero-order valence-corrected chi connectivity index (χ0v) is 9.92. The summed E-state index contributed by atoms with van der Waals surface area (Å²) in [5, 5.41) is 12.1. The van der Waals surface area contributed by atoms with Gasteiger partial charge >= 0.3 is 0 Å². The molecule has 0 radical (unpaired) electrons. The molecule has 2 N–H and O–H groups in total. The van der Waals surface area contributed by atoms with E-state index in [1.807, 2.05) is 7.05 Å². The van der Waals surface area contributed by atoms with Gasteiger partial charge in [-0.15, -0.1) is 0 Å². The van der Waals surface area contributed by atoms with E-state index >= 15 is 0 Å². The molecule has 0 unspecified atom stereocenters. The highest BCUT2D eigenvalue weighted by Gasteiger charge is 2.13. The number of nitrogens with zero attached hydrogens (tertiary/aromatic N) is 1. The molecule has 0 rings (SSSR count). The SMILES string of the molecule is CCC(CC)N(CCO)CCCNC. The Labute approximate surface area is 88.5 Å². The molecular weight excluding hydrogens is 176 g/mol. The van der Waals surface area contributed by atoms with E-state index in [0.29, 0.717) is 6.04 Å². The number of hydrogen-bond acceptors (Lipinski definition) is 3. The van der Waals surface area contributed by atoms with Crippen molar-refractivity contribution >= 4 is 0 Å². The molecule has 0 aromatic rings. The molecule has 86 valence electrons. The summed E-state index contributed by atoms with van der Waals surface area (Å²) < 4.78 is 0. The molecule has 0 aromatic carbocycles. The van der Waals surface area contributed by atoms with Gasteiger partial charge < -0.3 is 10.4 Å². The summed E-state index contributed by atoms with van der Waals surface area (Å²) in [5.41, 5.74) is 0. The largest absolute Gasteiger partial charge is 0.395 e. The van der Waals surface area contributed by atoms with E-state index in [4.69, 9.17) is 5.11 Å². The van der Waals surface area contributed by atoms with E-state index in [2.05, 4.69) is 24.1 Å². The number of hydrogen-bond donors (Lipinski definition) is 2. The lowest BCUT2D eigenvalue weighted by Gasteiger charge is -2.29. The minimum Gasteiger partial charge on any atom is -0.395 e. The zero-order valence-electron chi connectivity index (χ0n) is 9.92. The van der Waals surface area contributed by atoms with Crippen molar-refractivity contribution in [3.05, 3.63) is 0 Å². The average molecular weight is 202 g/mol. The number of aliphatic hydroxyl groups excluding tert-OH is 1. The third-order valence-electron chi connectivity index (χ3n) is 2.72. The van der Waals surface area contributed by atoms with E-state index in [-0.39, 0.29) is 6.61 Å². The number of nitrogens with one attached hydrogen (secondary N) is 1. The van der Waals surface area contributed by atoms with Crippen LogP contribution in [0.5, 0.6) is 0 Å². The van der Waals surface area contributed by atoms with Gasteiger partial charge in [0.15, 0.2) is 0 Å². The van der Waals surface area contributed by atoms with Crippen LogP contribution in [0, 0.1) is 0 Å². The van der Waals surface area contributed by atoms with E-state index < -0.39 is 0 Å². The lowest BCUT2D eigenvalue weighted by Crippen LogP contribution is -2.38. The van der Waals surface area contributed by atoms with E-state index in [0.717, 1.165) is 26.1 Å². The second-order valence-corrected chi connectivity index (χ2v) is 3.69. The van der Waals surface area contributed by atoms with Crippen LogP contribution in [0.3, 0.4) is 0 Å². The maximum absolute atomic E-state index is 8.98. The van der Waals surface area contributed by atoms with Crippen molar-refractivity contribution in [3.8, 4) is 0 Å². The Bertz CT molecular complexity index is 116. The Hall–Kier alpha value is -0.120. The third kappa shape index (κ3) is 5.58. The summed E-state index contributed by atoms with van der Waals surface area (Å²) in [6, 6.07) is 0.638. The first-order chi connectivity index (χ1) is 6.79. The van der Waals surface area contributed by atoms with E-state index in [9.17, 15) is 0 Å². The highest BCUT2D eigenvalue weighted by molar-refractivity contribution is 4.69. The molecule has 0 bridgehead atoms. The molecular formula is C11H26N2O. The van der Waals surface area contributed by atoms with Crippen LogP contribution >= 0.6 is 0 Å². The minimum atomic E-state index is 0.274. The highest BCUT2D eigenvalue weighted by Crippen LogP contribution is 2.08. The molecule has 0 heterocycles. The Kier molecular flexibility index (Phi) is 9.35. The van der Waals surface area contributed by atoms with Crippen molar-refractivity contribution in [1.82, 2.24) is 10.2 Å². The fourth-order valence-corrected chi connectivity index (χ4v) is 1.87. The molecule has 0 aliphatic heterocycles. The Morgan fingerprint density at radius 2 is 1.86 bits per heavy atom. The molecule has 0 saturated heterocycles. The summed E-state index contributed by atoms with van der Waals surface area (Å²) >= 11 is 0. The quantitative estimate of drug-likeness (QED) is 0.549. The van der Waals surface area contributed by atoms with Gasteiger partial charge in [0, 0.05) is 12.6 Å². The van der Waals surface area contributed by atoms with Crippen LogP contribution in [0.15, 0.2) is 0 Å². The molecule has 0 aliphatic carbocycles. The van der Waals surface area contributed by atoms with Gasteiger partial charge in [-0.2, -0.15) is 0 Å². The fourth-order valence-electron chi connectivity index (χ4n) is 1.87. The monoisotopic (exact) mass is 202 g/mol. The fraction of sp³-hybridized carbons (Fsp3) is 1.00. The summed E-state index contributed by atoms with van der Waals surface area (Å²) in [7, 11) is 1.98. The summed E-state index contributed by atoms with van der Waals surface area (Å²) in [6.45, 7) is 7.68. The van der Waals surface area contributed by atoms with Crippen LogP contribution in [-0.4, -0.2) is 49.3 Å². The van der Waals surface area contributed by atoms with Crippen molar-refractivity contribution in [2.45, 2.75) is 39.2 Å². The van der Waals surface area contributed by atoms with Crippen LogP contribution in [0.2, 0.25) is 0 Å². The zero-order chi connectivity index (χ0) is 10.8. The number of rotatable bonds is 9. The summed E-state index contributed by atoms with van der Waals surface area (Å²) in [5.74, 6) is 0. The van der Waals surface area contributed by atoms with Gasteiger partial charge in [-0.1, -0.05) is 13.8 Å². The molecule has 3 heteroatoms. The normalized spacial score (nSPS) is 11.6. The second-order valence-electron chi connectivity index (χ2n) is 3.69. The van der Waals surface area contributed by atoms with Gasteiger partial charge in [-0.3, -0.25) is 4.90 Å². The molecule has 14 heavy (non-hydrogen) atoms. The van der Waals surface area contributed by atoms with Crippen LogP contribution < -0.4 is 5.32 Å². The van der Waals surface area contributed by atoms with Crippen molar-refractivity contribution in [2.24, 2.45) is 0 Å². The van der Waals surface area contributed by atoms with E-state index in [1.165, 1.54) is 12.8 Å². The summed E-state index contributed by atoms with van der Waals surface area (Å²) in [6.07, 6.45) is 3.51. The lowest BCUT2D eigenvalue weighted by molar-refractivity contribution is 0.142. The predicted molar refractivity (Wildman–Crippen MR) is 61.6 cm³/mol. The Balaban J connectivity index is 3.85. The minimum absolute atomic E-state index is 0.274. The van der Waals surface area contributed by atoms with Crippen LogP contribution in [-0.2, 0) is 0 Å². The van der Waals surface area contributed by atoms with Gasteiger partial charge in [0.25, 0.3) is 0 Å². The molecule has 0 aliphatic rings. The topological polar surface area (TPSA) is 35.5 Å². The maximum atomic E-state index is 8.98. The first kappa shape index (κ1) is 13.9. The van der Waals surface area contributed by atoms with Gasteiger partial charge in [-0.05, 0) is 39.4 Å². The second kappa shape index (κ2) is 9.44. The molecule has 0 spiro atoms. The molecule has 0 fully saturated rings. The summed E-state index contributed by atoms with van der Waals surface area (Å²) in [4.78, 5) is 2.40. The first-order valence-electron chi connectivity index (χ1n) is 5.79. The Morgan fingerprint density at radius 3 is 2.29 bits per heavy atom. The van der Waals surface area contributed by atoms with Gasteiger partial charge in [0.2, 0.25) is 0 Å². The smallest absolute Gasteiger partial charge is 0.0558 e. The maximum Gasteiger partial charge on any atom is 0.0558 e. The molecule has 0 aromatic heterocycles. The van der Waals surface area contributed by atoms with Gasteiger partial charge in [0.05, 0.1) is 6.61 Å². The highest BCUT2D eigenvalue weighted by atomic mass is 16.3. The van der Waals surface area contributed by atoms with Crippen LogP contribution in [0.1, 0.15) is 33.1 Å². The average Bonchev–Trinajstić information content (AvgIpc) is 2.20. The van der Waals surface area contributed by atoms with Crippen molar-refractivity contribution in [3.63, 3.8) is 0 Å².